The van der Waals surface area contributed by atoms with Crippen LogP contribution in [-0.4, -0.2) is 10.2 Å². The average Bonchev–Trinajstić information content (AvgIpc) is 2.82. The van der Waals surface area contributed by atoms with Crippen LogP contribution >= 0.6 is 0 Å². The van der Waals surface area contributed by atoms with Gasteiger partial charge in [0.15, 0.2) is 5.82 Å². The molecule has 3 nitrogen and oxygen atoms in total. The molecule has 0 bridgehead atoms. The molecule has 3 N–H and O–H groups in total. The second-order valence-corrected chi connectivity index (χ2v) is 4.85. The van der Waals surface area contributed by atoms with E-state index in [4.69, 9.17) is 5.73 Å². The lowest BCUT2D eigenvalue weighted by Crippen LogP contribution is -1.92. The normalized spacial score (nSPS) is 10.8. The van der Waals surface area contributed by atoms with Crippen molar-refractivity contribution in [2.45, 2.75) is 6.92 Å². The van der Waals surface area contributed by atoms with Gasteiger partial charge in [-0.05, 0) is 19.1 Å². The maximum Gasteiger partial charge on any atom is 0.153 e. The number of nitrogens with two attached hydrogens (primary N) is 1. The number of H-pyrrole nitrogens is 1. The first-order valence-electron chi connectivity index (χ1n) is 6.42. The van der Waals surface area contributed by atoms with Gasteiger partial charge in [0.25, 0.3) is 0 Å². The molecule has 0 spiro atoms. The Kier molecular flexibility index (Phi) is 3.17. The number of anilines is 1. The van der Waals surface area contributed by atoms with Crippen LogP contribution in [0.2, 0.25) is 0 Å². The van der Waals surface area contributed by atoms with E-state index in [0.717, 1.165) is 17.2 Å². The number of aryl methyl sites for hydroxylation is 1. The van der Waals surface area contributed by atoms with Crippen LogP contribution < -0.4 is 5.73 Å². The summed E-state index contributed by atoms with van der Waals surface area (Å²) in [7, 11) is 0. The van der Waals surface area contributed by atoms with Gasteiger partial charge in [-0.1, -0.05) is 29.8 Å². The average molecular weight is 285 g/mol. The first-order valence-corrected chi connectivity index (χ1v) is 6.42. The monoisotopic (exact) mass is 285 g/mol. The molecule has 0 aliphatic carbocycles. The molecule has 0 amide bonds. The zero-order chi connectivity index (χ0) is 15.0. The Bertz CT molecular complexity index is 792. The van der Waals surface area contributed by atoms with Crippen molar-refractivity contribution >= 4 is 5.82 Å². The van der Waals surface area contributed by atoms with Gasteiger partial charge in [0.2, 0.25) is 0 Å². The third-order valence-electron chi connectivity index (χ3n) is 3.34. The zero-order valence-electron chi connectivity index (χ0n) is 11.3. The van der Waals surface area contributed by atoms with Crippen LogP contribution in [0.3, 0.4) is 0 Å². The summed E-state index contributed by atoms with van der Waals surface area (Å²) < 4.78 is 27.1. The fraction of sp³-hybridized carbons (Fsp3) is 0.0625. The summed E-state index contributed by atoms with van der Waals surface area (Å²) in [5, 5.41) is 6.76. The lowest BCUT2D eigenvalue weighted by molar-refractivity contribution is 0.585. The van der Waals surface area contributed by atoms with E-state index in [1.54, 1.807) is 0 Å². The molecule has 5 heteroatoms. The van der Waals surface area contributed by atoms with E-state index in [0.29, 0.717) is 11.3 Å². The number of aromatic amines is 1. The smallest absolute Gasteiger partial charge is 0.153 e. The predicted octanol–water partition coefficient (Wildman–Crippen LogP) is 3.91. The first kappa shape index (κ1) is 13.3. The maximum atomic E-state index is 14.0. The molecule has 1 aromatic heterocycles. The minimum absolute atomic E-state index is 0.177. The van der Waals surface area contributed by atoms with Crippen molar-refractivity contribution in [2.24, 2.45) is 0 Å². The maximum absolute atomic E-state index is 14.0. The van der Waals surface area contributed by atoms with Crippen LogP contribution in [0.4, 0.5) is 14.6 Å². The van der Waals surface area contributed by atoms with Crippen molar-refractivity contribution in [3.8, 4) is 22.4 Å². The van der Waals surface area contributed by atoms with Crippen molar-refractivity contribution in [2.75, 3.05) is 5.73 Å². The van der Waals surface area contributed by atoms with Gasteiger partial charge in [-0.15, -0.1) is 0 Å². The summed E-state index contributed by atoms with van der Waals surface area (Å²) in [5.41, 5.74) is 9.06. The molecular formula is C16H13F2N3. The molecule has 0 saturated heterocycles. The van der Waals surface area contributed by atoms with E-state index >= 15 is 0 Å². The third kappa shape index (κ3) is 2.38. The SMILES string of the molecule is Cc1ccc(-c2[nH]nc(N)c2-c2ccc(F)cc2F)cc1. The fourth-order valence-electron chi connectivity index (χ4n) is 2.25. The molecule has 0 aliphatic heterocycles. The molecule has 0 atom stereocenters. The fourth-order valence-corrected chi connectivity index (χ4v) is 2.25. The Morgan fingerprint density at radius 2 is 1.76 bits per heavy atom. The quantitative estimate of drug-likeness (QED) is 0.750. The van der Waals surface area contributed by atoms with Gasteiger partial charge in [-0.2, -0.15) is 5.10 Å². The first-order chi connectivity index (χ1) is 10.1. The van der Waals surface area contributed by atoms with E-state index in [1.807, 2.05) is 31.2 Å². The number of aromatic nitrogens is 2. The predicted molar refractivity (Wildman–Crippen MR) is 78.5 cm³/mol. The van der Waals surface area contributed by atoms with E-state index < -0.39 is 11.6 Å². The van der Waals surface area contributed by atoms with Crippen molar-refractivity contribution in [3.05, 3.63) is 59.7 Å². The van der Waals surface area contributed by atoms with Crippen molar-refractivity contribution in [1.82, 2.24) is 10.2 Å². The second-order valence-electron chi connectivity index (χ2n) is 4.85. The van der Waals surface area contributed by atoms with Gasteiger partial charge in [0.05, 0.1) is 11.3 Å². The number of benzene rings is 2. The zero-order valence-corrected chi connectivity index (χ0v) is 11.3. The number of nitrogens with zero attached hydrogens (tertiary/aromatic N) is 1. The summed E-state index contributed by atoms with van der Waals surface area (Å²) in [4.78, 5) is 0. The van der Waals surface area contributed by atoms with Crippen LogP contribution in [-0.2, 0) is 0 Å². The Morgan fingerprint density at radius 3 is 2.43 bits per heavy atom. The standard InChI is InChI=1S/C16H13F2N3/c1-9-2-4-10(5-3-9)15-14(16(19)21-20-15)12-7-6-11(17)8-13(12)18/h2-8H,1H3,(H3,19,20,21). The van der Waals surface area contributed by atoms with Gasteiger partial charge in [0.1, 0.15) is 11.6 Å². The van der Waals surface area contributed by atoms with E-state index in [9.17, 15) is 8.78 Å². The number of nitrogen functional groups attached to an aromatic ring is 1. The minimum Gasteiger partial charge on any atom is -0.382 e. The van der Waals surface area contributed by atoms with Crippen molar-refractivity contribution in [3.63, 3.8) is 0 Å². The van der Waals surface area contributed by atoms with Crippen LogP contribution in [0, 0.1) is 18.6 Å². The largest absolute Gasteiger partial charge is 0.382 e. The molecule has 1 heterocycles. The van der Waals surface area contributed by atoms with Crippen LogP contribution in [0.1, 0.15) is 5.56 Å². The highest BCUT2D eigenvalue weighted by atomic mass is 19.1. The van der Waals surface area contributed by atoms with Gasteiger partial charge in [-0.25, -0.2) is 8.78 Å². The molecule has 2 aromatic carbocycles. The molecule has 0 aliphatic rings. The van der Waals surface area contributed by atoms with Gasteiger partial charge >= 0.3 is 0 Å². The summed E-state index contributed by atoms with van der Waals surface area (Å²) in [5.74, 6) is -1.12. The molecule has 3 aromatic rings. The van der Waals surface area contributed by atoms with Gasteiger partial charge in [0, 0.05) is 17.2 Å². The molecule has 0 radical (unpaired) electrons. The number of hydrogen-bond acceptors (Lipinski definition) is 2. The van der Waals surface area contributed by atoms with Crippen molar-refractivity contribution in [1.29, 1.82) is 0 Å². The Morgan fingerprint density at radius 1 is 1.05 bits per heavy atom. The van der Waals surface area contributed by atoms with E-state index in [2.05, 4.69) is 10.2 Å². The summed E-state index contributed by atoms with van der Waals surface area (Å²) >= 11 is 0. The van der Waals surface area contributed by atoms with Gasteiger partial charge in [-0.3, -0.25) is 5.10 Å². The number of hydrogen-bond donors (Lipinski definition) is 2. The number of nitrogens with one attached hydrogen (secondary N) is 1. The Hall–Kier alpha value is -2.69. The number of rotatable bonds is 2. The van der Waals surface area contributed by atoms with Gasteiger partial charge < -0.3 is 5.73 Å². The van der Waals surface area contributed by atoms with Crippen molar-refractivity contribution < 1.29 is 8.78 Å². The highest BCUT2D eigenvalue weighted by molar-refractivity contribution is 5.88. The van der Waals surface area contributed by atoms with E-state index in [1.165, 1.54) is 12.1 Å². The number of halogens is 2. The molecule has 0 fully saturated rings. The van der Waals surface area contributed by atoms with Crippen LogP contribution in [0.5, 0.6) is 0 Å². The highest BCUT2D eigenvalue weighted by Crippen LogP contribution is 2.36. The molecule has 21 heavy (non-hydrogen) atoms. The Labute approximate surface area is 120 Å². The summed E-state index contributed by atoms with van der Waals surface area (Å²) in [6.07, 6.45) is 0. The molecule has 0 unspecified atom stereocenters. The summed E-state index contributed by atoms with van der Waals surface area (Å²) in [6.45, 7) is 1.98. The lowest BCUT2D eigenvalue weighted by Gasteiger charge is -2.06. The summed E-state index contributed by atoms with van der Waals surface area (Å²) in [6, 6.07) is 11.1. The van der Waals surface area contributed by atoms with Crippen LogP contribution in [0.15, 0.2) is 42.5 Å². The second kappa shape index (κ2) is 5.01. The molecular weight excluding hydrogens is 272 g/mol. The van der Waals surface area contributed by atoms with Crippen LogP contribution in [0.25, 0.3) is 22.4 Å². The highest BCUT2D eigenvalue weighted by Gasteiger charge is 2.18. The lowest BCUT2D eigenvalue weighted by atomic mass is 10.00. The minimum atomic E-state index is -0.670. The van der Waals surface area contributed by atoms with E-state index in [-0.39, 0.29) is 11.4 Å². The molecule has 3 rings (SSSR count). The Balaban J connectivity index is 2.19. The topological polar surface area (TPSA) is 54.7 Å². The molecule has 0 saturated carbocycles. The third-order valence-corrected chi connectivity index (χ3v) is 3.34. The molecule has 106 valence electrons.